The van der Waals surface area contributed by atoms with E-state index in [9.17, 15) is 4.79 Å². The van der Waals surface area contributed by atoms with Crippen molar-refractivity contribution in [2.45, 2.75) is 38.9 Å². The molecule has 2 aliphatic heterocycles. The molecule has 2 N–H and O–H groups in total. The molecular formula is C21H24N6O3. The van der Waals surface area contributed by atoms with Gasteiger partial charge in [-0.15, -0.1) is 0 Å². The molecule has 1 amide bonds. The van der Waals surface area contributed by atoms with Gasteiger partial charge in [-0.25, -0.2) is 14.8 Å². The van der Waals surface area contributed by atoms with E-state index in [1.54, 1.807) is 0 Å². The van der Waals surface area contributed by atoms with Gasteiger partial charge in [0.1, 0.15) is 17.3 Å². The number of hydrogen-bond acceptors (Lipinski definition) is 7. The van der Waals surface area contributed by atoms with Gasteiger partial charge in [0.15, 0.2) is 12.4 Å². The number of ether oxygens (including phenoxy) is 2. The van der Waals surface area contributed by atoms with Crippen molar-refractivity contribution in [3.05, 3.63) is 30.1 Å². The average Bonchev–Trinajstić information content (AvgIpc) is 3.41. The molecule has 4 heterocycles. The number of cyclic esters (lactones) is 1. The lowest BCUT2D eigenvalue weighted by molar-refractivity contribution is 0.134. The Bertz CT molecular complexity index is 1080. The van der Waals surface area contributed by atoms with Crippen LogP contribution in [0.1, 0.15) is 32.0 Å². The minimum atomic E-state index is -0.489. The highest BCUT2D eigenvalue weighted by molar-refractivity contribution is 5.93. The van der Waals surface area contributed by atoms with Gasteiger partial charge in [-0.1, -0.05) is 0 Å². The van der Waals surface area contributed by atoms with E-state index >= 15 is 0 Å². The Morgan fingerprint density at radius 1 is 1.17 bits per heavy atom. The Morgan fingerprint density at radius 3 is 2.90 bits per heavy atom. The van der Waals surface area contributed by atoms with Gasteiger partial charge in [-0.2, -0.15) is 5.10 Å². The van der Waals surface area contributed by atoms with Gasteiger partial charge in [-0.3, -0.25) is 5.10 Å². The van der Waals surface area contributed by atoms with E-state index in [-0.39, 0.29) is 12.7 Å². The minimum Gasteiger partial charge on any atom is -0.491 e. The molecule has 1 saturated heterocycles. The highest BCUT2D eigenvalue weighted by Crippen LogP contribution is 2.31. The molecule has 1 fully saturated rings. The number of anilines is 1. The second-order valence-corrected chi connectivity index (χ2v) is 7.72. The zero-order chi connectivity index (χ0) is 20.5. The largest absolute Gasteiger partial charge is 0.491 e. The maximum atomic E-state index is 12.1. The lowest BCUT2D eigenvalue weighted by Gasteiger charge is -2.18. The maximum absolute atomic E-state index is 12.1. The van der Waals surface area contributed by atoms with Gasteiger partial charge >= 0.3 is 6.09 Å². The summed E-state index contributed by atoms with van der Waals surface area (Å²) in [6, 6.07) is 7.82. The number of nitrogens with zero attached hydrogens (tertiary/aromatic N) is 4. The number of carbonyl (C=O) groups is 1. The van der Waals surface area contributed by atoms with Crippen LogP contribution in [0.4, 0.5) is 10.6 Å². The summed E-state index contributed by atoms with van der Waals surface area (Å²) in [6.07, 6.45) is 2.38. The molecule has 0 spiro atoms. The Labute approximate surface area is 173 Å². The van der Waals surface area contributed by atoms with E-state index in [4.69, 9.17) is 9.47 Å². The van der Waals surface area contributed by atoms with Gasteiger partial charge in [0.05, 0.1) is 17.3 Å². The summed E-state index contributed by atoms with van der Waals surface area (Å²) in [6.45, 7) is 4.34. The first kappa shape index (κ1) is 18.7. The van der Waals surface area contributed by atoms with Crippen LogP contribution in [0.15, 0.2) is 24.3 Å². The van der Waals surface area contributed by atoms with E-state index in [0.717, 1.165) is 54.1 Å². The van der Waals surface area contributed by atoms with Crippen molar-refractivity contribution < 1.29 is 14.3 Å². The average molecular weight is 408 g/mol. The fourth-order valence-electron chi connectivity index (χ4n) is 3.89. The highest BCUT2D eigenvalue weighted by Gasteiger charge is 2.20. The number of alkyl carbamates (subject to hydrolysis) is 1. The molecule has 5 rings (SSSR count). The summed E-state index contributed by atoms with van der Waals surface area (Å²) >= 11 is 0. The van der Waals surface area contributed by atoms with Crippen LogP contribution in [0.2, 0.25) is 0 Å². The molecule has 30 heavy (non-hydrogen) atoms. The third kappa shape index (κ3) is 3.74. The Balaban J connectivity index is 1.62. The monoisotopic (exact) mass is 408 g/mol. The number of amides is 1. The second kappa shape index (κ2) is 7.81. The van der Waals surface area contributed by atoms with Crippen molar-refractivity contribution in [2.75, 3.05) is 24.5 Å². The maximum Gasteiger partial charge on any atom is 0.407 e. The van der Waals surface area contributed by atoms with E-state index in [2.05, 4.69) is 30.4 Å². The van der Waals surface area contributed by atoms with Crippen molar-refractivity contribution in [2.24, 2.45) is 0 Å². The lowest BCUT2D eigenvalue weighted by atomic mass is 10.1. The molecule has 0 radical (unpaired) electrons. The number of H-pyrrole nitrogens is 1. The van der Waals surface area contributed by atoms with E-state index in [1.165, 1.54) is 0 Å². The first-order valence-corrected chi connectivity index (χ1v) is 10.3. The fourth-order valence-corrected chi connectivity index (χ4v) is 3.89. The van der Waals surface area contributed by atoms with Gasteiger partial charge in [0.25, 0.3) is 0 Å². The Kier molecular flexibility index (Phi) is 4.86. The summed E-state index contributed by atoms with van der Waals surface area (Å²) in [5.41, 5.74) is 2.33. The summed E-state index contributed by atoms with van der Waals surface area (Å²) in [5, 5.41) is 11.3. The second-order valence-electron chi connectivity index (χ2n) is 7.72. The Hall–Kier alpha value is -3.36. The van der Waals surface area contributed by atoms with E-state index in [0.29, 0.717) is 24.5 Å². The molecule has 1 unspecified atom stereocenters. The van der Waals surface area contributed by atoms with E-state index in [1.807, 2.05) is 31.2 Å². The normalized spacial score (nSPS) is 19.7. The molecule has 1 aromatic carbocycles. The topological polar surface area (TPSA) is 105 Å². The van der Waals surface area contributed by atoms with Crippen LogP contribution in [0.25, 0.3) is 22.3 Å². The van der Waals surface area contributed by atoms with Crippen molar-refractivity contribution in [1.29, 1.82) is 0 Å². The van der Waals surface area contributed by atoms with Gasteiger partial charge in [-0.05, 0) is 38.0 Å². The number of hydrogen-bond donors (Lipinski definition) is 2. The van der Waals surface area contributed by atoms with Crippen molar-refractivity contribution in [1.82, 2.24) is 25.5 Å². The summed E-state index contributed by atoms with van der Waals surface area (Å²) in [5.74, 6) is 2.04. The molecule has 9 nitrogen and oxygen atoms in total. The molecule has 2 aromatic heterocycles. The van der Waals surface area contributed by atoms with Crippen LogP contribution in [-0.2, 0) is 11.3 Å². The number of nitrogens with one attached hydrogen (secondary N) is 2. The van der Waals surface area contributed by atoms with Crippen LogP contribution in [0, 0.1) is 0 Å². The number of carbonyl (C=O) groups excluding carboxylic acids is 1. The summed E-state index contributed by atoms with van der Waals surface area (Å²) in [4.78, 5) is 23.6. The SMILES string of the molecule is CC1CCNC(=O)OCc2nc(cc(N3CCCC3)n2)-c2n[nH]c3ccc(cc23)O1. The molecule has 4 bridgehead atoms. The third-order valence-electron chi connectivity index (χ3n) is 5.46. The smallest absolute Gasteiger partial charge is 0.407 e. The standard InChI is InChI=1S/C21H24N6O3/c1-13-6-7-22-21(28)29-12-18-23-17(11-19(24-18)27-8-2-3-9-27)20-15-10-14(30-13)4-5-16(15)25-26-20/h4-5,10-11,13H,2-3,6-9,12H2,1H3,(H,22,28)(H,25,26). The number of benzene rings is 1. The minimum absolute atomic E-state index is 0.000171. The van der Waals surface area contributed by atoms with Crippen molar-refractivity contribution in [3.63, 3.8) is 0 Å². The van der Waals surface area contributed by atoms with Gasteiger partial charge in [0, 0.05) is 37.5 Å². The summed E-state index contributed by atoms with van der Waals surface area (Å²) < 4.78 is 11.4. The first-order chi connectivity index (χ1) is 14.7. The zero-order valence-electron chi connectivity index (χ0n) is 16.9. The number of aromatic nitrogens is 4. The predicted molar refractivity (Wildman–Crippen MR) is 111 cm³/mol. The molecule has 0 saturated carbocycles. The molecule has 156 valence electrons. The molecule has 0 aliphatic carbocycles. The third-order valence-corrected chi connectivity index (χ3v) is 5.46. The highest BCUT2D eigenvalue weighted by atomic mass is 16.5. The van der Waals surface area contributed by atoms with Crippen LogP contribution in [-0.4, -0.2) is 52.0 Å². The van der Waals surface area contributed by atoms with Gasteiger partial charge in [0.2, 0.25) is 0 Å². The van der Waals surface area contributed by atoms with Gasteiger partial charge < -0.3 is 19.7 Å². The number of rotatable bonds is 1. The van der Waals surface area contributed by atoms with Crippen LogP contribution in [0.5, 0.6) is 5.75 Å². The predicted octanol–water partition coefficient (Wildman–Crippen LogP) is 3.02. The molecule has 9 heteroatoms. The van der Waals surface area contributed by atoms with E-state index < -0.39 is 6.09 Å². The van der Waals surface area contributed by atoms with Crippen LogP contribution in [0.3, 0.4) is 0 Å². The van der Waals surface area contributed by atoms with Crippen molar-refractivity contribution in [3.8, 4) is 17.1 Å². The van der Waals surface area contributed by atoms with Crippen LogP contribution >= 0.6 is 0 Å². The number of fused-ring (bicyclic) bond motifs is 4. The fraction of sp³-hybridized carbons (Fsp3) is 0.429. The van der Waals surface area contributed by atoms with Crippen LogP contribution < -0.4 is 15.0 Å². The first-order valence-electron chi connectivity index (χ1n) is 10.3. The molecule has 3 aromatic rings. The summed E-state index contributed by atoms with van der Waals surface area (Å²) in [7, 11) is 0. The van der Waals surface area contributed by atoms with Crippen molar-refractivity contribution >= 4 is 22.8 Å². The molecule has 1 atom stereocenters. The Morgan fingerprint density at radius 2 is 2.03 bits per heavy atom. The zero-order valence-corrected chi connectivity index (χ0v) is 16.9. The molecular weight excluding hydrogens is 384 g/mol. The lowest BCUT2D eigenvalue weighted by Crippen LogP contribution is -2.28. The molecule has 2 aliphatic rings. The number of aromatic amines is 1. The quantitative estimate of drug-likeness (QED) is 0.638.